The summed E-state index contributed by atoms with van der Waals surface area (Å²) in [4.78, 5) is 121. The highest BCUT2D eigenvalue weighted by atomic mass is 35.5. The van der Waals surface area contributed by atoms with Gasteiger partial charge in [0, 0.05) is 26.9 Å². The summed E-state index contributed by atoms with van der Waals surface area (Å²) in [6, 6.07) is 44.9. The number of carboxylic acid groups (broad SMARTS) is 5. The van der Waals surface area contributed by atoms with E-state index in [0.29, 0.717) is 148 Å². The molecule has 1 aliphatic carbocycles. The number of nitrogens with zero attached hydrogens (tertiary/aromatic N) is 5. The first-order chi connectivity index (χ1) is 58.6. The number of rotatable bonds is 20. The van der Waals surface area contributed by atoms with Gasteiger partial charge in [-0.25, -0.2) is 4.39 Å². The Morgan fingerprint density at radius 3 is 1.03 bits per heavy atom. The molecule has 1 aliphatic rings. The first-order valence-corrected chi connectivity index (χ1v) is 40.6. The number of carbonyl (C=O) groups is 5. The van der Waals surface area contributed by atoms with Crippen LogP contribution in [0.1, 0.15) is 90.7 Å². The topological polar surface area (TPSA) is 343 Å². The maximum Gasteiger partial charge on any atom is 0.323 e. The number of aromatic nitrogens is 5. The molecular weight excluding hydrogens is 1690 g/mol. The van der Waals surface area contributed by atoms with E-state index in [1.54, 1.807) is 153 Å². The normalized spacial score (nSPS) is 12.0. The van der Waals surface area contributed by atoms with E-state index >= 15 is 0 Å². The summed E-state index contributed by atoms with van der Waals surface area (Å²) in [6.45, 7) is 12.0. The molecule has 0 radical (unpaired) electrons. The van der Waals surface area contributed by atoms with Crippen molar-refractivity contribution < 1.29 is 77.6 Å². The Hall–Kier alpha value is -12.7. The van der Waals surface area contributed by atoms with Crippen molar-refractivity contribution in [2.45, 2.75) is 124 Å². The molecule has 1 saturated carbocycles. The van der Waals surface area contributed by atoms with E-state index < -0.39 is 47.6 Å². The van der Waals surface area contributed by atoms with Gasteiger partial charge in [0.05, 0.1) is 140 Å². The van der Waals surface area contributed by atoms with Gasteiger partial charge < -0.3 is 72.1 Å². The molecule has 25 nitrogen and oxygen atoms in total. The molecule has 15 aromatic rings. The van der Waals surface area contributed by atoms with Gasteiger partial charge in [-0.2, -0.15) is 0 Å². The zero-order chi connectivity index (χ0) is 89.0. The summed E-state index contributed by atoms with van der Waals surface area (Å²) < 4.78 is 50.3. The zero-order valence-corrected chi connectivity index (χ0v) is 71.4. The average Bonchev–Trinajstić information content (AvgIpc) is 0.784. The molecule has 123 heavy (non-hydrogen) atoms. The smallest absolute Gasteiger partial charge is 0.323 e. The number of para-hydroxylation sites is 3. The highest BCUT2D eigenvalue weighted by Crippen LogP contribution is 2.42. The van der Waals surface area contributed by atoms with Crippen molar-refractivity contribution in [2.24, 2.45) is 0 Å². The second-order valence-corrected chi connectivity index (χ2v) is 31.7. The fourth-order valence-electron chi connectivity index (χ4n) is 15.1. The van der Waals surface area contributed by atoms with Crippen LogP contribution in [0, 0.1) is 5.82 Å². The highest BCUT2D eigenvalue weighted by Gasteiger charge is 2.28. The lowest BCUT2D eigenvalue weighted by molar-refractivity contribution is -0.138. The van der Waals surface area contributed by atoms with Crippen LogP contribution in [-0.2, 0) is 56.7 Å². The Bertz CT molecular complexity index is 7160. The summed E-state index contributed by atoms with van der Waals surface area (Å²) in [7, 11) is 2.84. The van der Waals surface area contributed by atoms with Crippen molar-refractivity contribution in [3.05, 3.63) is 257 Å². The Labute approximate surface area is 723 Å². The van der Waals surface area contributed by atoms with Gasteiger partial charge in [-0.1, -0.05) is 128 Å². The summed E-state index contributed by atoms with van der Waals surface area (Å²) in [5.41, 5.74) is 4.81. The van der Waals surface area contributed by atoms with Crippen molar-refractivity contribution in [2.75, 3.05) is 20.8 Å². The summed E-state index contributed by atoms with van der Waals surface area (Å²) >= 11 is 31.2. The first kappa shape index (κ1) is 89.5. The van der Waals surface area contributed by atoms with Crippen molar-refractivity contribution in [3.63, 3.8) is 0 Å². The molecule has 31 heteroatoms. The summed E-state index contributed by atoms with van der Waals surface area (Å²) in [6.07, 6.45) is 2.85. The van der Waals surface area contributed by atoms with Gasteiger partial charge in [0.25, 0.3) is 0 Å². The van der Waals surface area contributed by atoms with E-state index in [9.17, 15) is 77.9 Å². The molecule has 0 bridgehead atoms. The molecule has 5 N–H and O–H groups in total. The van der Waals surface area contributed by atoms with Crippen LogP contribution in [0.15, 0.2) is 188 Å². The predicted molar refractivity (Wildman–Crippen MR) is 478 cm³/mol. The van der Waals surface area contributed by atoms with Crippen molar-refractivity contribution in [3.8, 4) is 28.7 Å². The minimum absolute atomic E-state index is 0.0583. The number of benzene rings is 10. The lowest BCUT2D eigenvalue weighted by Gasteiger charge is -2.28. The second-order valence-electron chi connectivity index (χ2n) is 29.6. The molecule has 0 saturated heterocycles. The van der Waals surface area contributed by atoms with Crippen LogP contribution >= 0.6 is 58.0 Å². The van der Waals surface area contributed by atoms with Gasteiger partial charge in [0.1, 0.15) is 38.5 Å². The highest BCUT2D eigenvalue weighted by molar-refractivity contribution is 6.35. The number of pyridine rings is 5. The average molecular weight is 1770 g/mol. The number of fused-ring (bicyclic) bond motifs is 10. The molecule has 0 spiro atoms. The SMILES string of the molecule is CC(C)Oc1c(Cl)ccc2c(=O)c3ccccc3n(CC(=O)O)c12.CCOc1c(Cl)ccc2c(=O)c3ccccc3n(CC(=O)O)c12.COc1c(Cl)ccc2c(=O)c3cc(F)c(C(C)C)cc3n(CC(=O)O)c12.COc1c(Cl)ccc2c(=O)c3ccc(C(C)C)cc3n(CC(=O)O)c12.O=C(O)Cn1c2ccccc2c(=O)c2ccc(Cl)c(OC3CCC3)c21. The van der Waals surface area contributed by atoms with E-state index in [0.717, 1.165) is 24.8 Å². The van der Waals surface area contributed by atoms with Gasteiger partial charge in [0.2, 0.25) is 0 Å². The van der Waals surface area contributed by atoms with Crippen LogP contribution in [0.5, 0.6) is 28.7 Å². The van der Waals surface area contributed by atoms with Crippen LogP contribution < -0.4 is 50.8 Å². The minimum Gasteiger partial charge on any atom is -0.493 e. The Kier molecular flexibility index (Phi) is 27.5. The van der Waals surface area contributed by atoms with Crippen molar-refractivity contribution in [1.82, 2.24) is 22.8 Å². The maximum absolute atomic E-state index is 14.4. The monoisotopic (exact) mass is 1770 g/mol. The molecule has 16 rings (SSSR count). The van der Waals surface area contributed by atoms with Gasteiger partial charge >= 0.3 is 29.8 Å². The van der Waals surface area contributed by atoms with Gasteiger partial charge in [0.15, 0.2) is 55.9 Å². The number of ether oxygens (including phenoxy) is 5. The van der Waals surface area contributed by atoms with E-state index in [2.05, 4.69) is 0 Å². The minimum atomic E-state index is -1.10. The quantitative estimate of drug-likeness (QED) is 0.0443. The van der Waals surface area contributed by atoms with Gasteiger partial charge in [-0.3, -0.25) is 47.9 Å². The van der Waals surface area contributed by atoms with Crippen molar-refractivity contribution >= 4 is 197 Å². The maximum atomic E-state index is 14.4. The second kappa shape index (κ2) is 37.7. The number of hydrogen-bond acceptors (Lipinski definition) is 15. The molecule has 636 valence electrons. The van der Waals surface area contributed by atoms with Crippen LogP contribution in [0.4, 0.5) is 4.39 Å². The van der Waals surface area contributed by atoms with E-state index in [-0.39, 0.29) is 99.0 Å². The molecule has 1 fully saturated rings. The number of methoxy groups -OCH3 is 2. The largest absolute Gasteiger partial charge is 0.493 e. The number of hydrogen-bond donors (Lipinski definition) is 5. The molecule has 5 aromatic heterocycles. The third-order valence-corrected chi connectivity index (χ3v) is 22.1. The lowest BCUT2D eigenvalue weighted by atomic mass is 9.96. The van der Waals surface area contributed by atoms with Crippen LogP contribution in [0.2, 0.25) is 25.1 Å². The fraction of sp³-hybridized carbons (Fsp3) is 0.239. The van der Waals surface area contributed by atoms with E-state index in [1.807, 2.05) is 53.7 Å². The Balaban J connectivity index is 0.000000140. The summed E-state index contributed by atoms with van der Waals surface area (Å²) in [5, 5.41) is 52.2. The fourth-order valence-corrected chi connectivity index (χ4v) is 16.1. The number of aliphatic carboxylic acids is 5. The van der Waals surface area contributed by atoms with Crippen LogP contribution in [0.25, 0.3) is 109 Å². The molecular formula is C92H81Cl5FN5O20. The molecule has 0 unspecified atom stereocenters. The van der Waals surface area contributed by atoms with Crippen molar-refractivity contribution in [1.29, 1.82) is 0 Å². The van der Waals surface area contributed by atoms with Gasteiger partial charge in [-0.15, -0.1) is 0 Å². The molecule has 0 atom stereocenters. The molecule has 5 heterocycles. The number of halogens is 6. The summed E-state index contributed by atoms with van der Waals surface area (Å²) in [5.74, 6) is -3.96. The van der Waals surface area contributed by atoms with Gasteiger partial charge in [-0.05, 0) is 184 Å². The van der Waals surface area contributed by atoms with Crippen LogP contribution in [0.3, 0.4) is 0 Å². The predicted octanol–water partition coefficient (Wildman–Crippen LogP) is 19.0. The van der Waals surface area contributed by atoms with Crippen LogP contribution in [-0.4, -0.2) is 111 Å². The molecule has 10 aromatic carbocycles. The Morgan fingerprint density at radius 2 is 0.691 bits per heavy atom. The lowest BCUT2D eigenvalue weighted by Crippen LogP contribution is -2.26. The Morgan fingerprint density at radius 1 is 0.382 bits per heavy atom. The number of carboxylic acids is 5. The van der Waals surface area contributed by atoms with E-state index in [4.69, 9.17) is 81.7 Å². The third-order valence-electron chi connectivity index (χ3n) is 20.7. The zero-order valence-electron chi connectivity index (χ0n) is 67.6. The molecule has 0 amide bonds. The van der Waals surface area contributed by atoms with E-state index in [1.165, 1.54) is 43.1 Å². The first-order valence-electron chi connectivity index (χ1n) is 38.7. The third kappa shape index (κ3) is 18.1. The molecule has 0 aliphatic heterocycles. The standard InChI is InChI=1S/C19H17ClFNO4.C19H16ClNO4.C19H18ClNO4.C18H16ClNO4.C17H14ClNO4/c1-9(2)11-7-15-12(6-14(11)21)18(25)10-4-5-13(20)19(26-3)17(10)22(15)8-16(23)24;20-14-9-8-13-17(19(14)25-11-4-3-5-11)21(10-16(22)23)15-7-2-1-6-12(15)18(13)24;1-10(2)11-4-5-12-15(8-11)21(9-16(22)23)17-13(18(12)24)6-7-14(20)19(17)25-3;1-10(2)24-18-13(19)8-7-12-16(18)20(9-15(21)22)14-6-4-3-5-11(14)17(12)23;1-2-23-17-12(18)8-7-11-15(17)19(9-14(20)21)13-6-4-3-5-10(13)16(11)22/h4-7,9H,8H2,1-3H3,(H,23,24);1-2,6-9,11H,3-5,10H2,(H,22,23);4-8,10H,9H2,1-3H3,(H,22,23);3-8,10H,9H2,1-2H3,(H,21,22);3-8H,2,9H2,1H3,(H,20,21).